The third-order valence-corrected chi connectivity index (χ3v) is 5.61. The van der Waals surface area contributed by atoms with Crippen molar-refractivity contribution in [3.63, 3.8) is 0 Å². The SMILES string of the molecule is C/C=C(\C)C(=O)N1CCc2c(C(N)=NC(/C=C(\N)CCC)=NC)csc2C1. The van der Waals surface area contributed by atoms with E-state index in [0.717, 1.165) is 36.1 Å². The summed E-state index contributed by atoms with van der Waals surface area (Å²) in [5.41, 5.74) is 15.9. The van der Waals surface area contributed by atoms with Crippen LogP contribution >= 0.6 is 11.3 Å². The summed E-state index contributed by atoms with van der Waals surface area (Å²) in [6.07, 6.45) is 6.18. The summed E-state index contributed by atoms with van der Waals surface area (Å²) in [7, 11) is 1.68. The fourth-order valence-corrected chi connectivity index (χ4v) is 4.05. The van der Waals surface area contributed by atoms with Gasteiger partial charge in [0, 0.05) is 46.8 Å². The van der Waals surface area contributed by atoms with Gasteiger partial charge >= 0.3 is 0 Å². The zero-order valence-corrected chi connectivity index (χ0v) is 17.4. The average Bonchev–Trinajstić information content (AvgIpc) is 3.09. The Bertz CT molecular complexity index is 816. The van der Waals surface area contributed by atoms with Crippen molar-refractivity contribution in [3.8, 4) is 0 Å². The van der Waals surface area contributed by atoms with Crippen LogP contribution in [0.1, 0.15) is 49.6 Å². The predicted octanol–water partition coefficient (Wildman–Crippen LogP) is 2.98. The lowest BCUT2D eigenvalue weighted by molar-refractivity contribution is -0.127. The van der Waals surface area contributed by atoms with Gasteiger partial charge in [0.1, 0.15) is 5.84 Å². The fraction of sp³-hybridized carbons (Fsp3) is 0.450. The van der Waals surface area contributed by atoms with E-state index in [0.29, 0.717) is 24.8 Å². The standard InChI is InChI=1S/C20H29N5OS/c1-5-7-14(21)10-18(23-4)24-19(22)16-12-27-17-11-25(9-8-15(16)17)20(26)13(3)6-2/h6,10,12H,5,7-9,11,21H2,1-4H3,(H2,22,23,24)/b13-6+,14-10-. The molecule has 146 valence electrons. The lowest BCUT2D eigenvalue weighted by atomic mass is 10.0. The molecule has 6 nitrogen and oxygen atoms in total. The van der Waals surface area contributed by atoms with Crippen molar-refractivity contribution >= 4 is 28.9 Å². The summed E-state index contributed by atoms with van der Waals surface area (Å²) in [6.45, 7) is 7.12. The molecule has 0 aliphatic carbocycles. The highest BCUT2D eigenvalue weighted by Crippen LogP contribution is 2.29. The maximum absolute atomic E-state index is 12.4. The van der Waals surface area contributed by atoms with E-state index < -0.39 is 0 Å². The first-order valence-electron chi connectivity index (χ1n) is 9.20. The van der Waals surface area contributed by atoms with Gasteiger partial charge in [-0.1, -0.05) is 19.4 Å². The number of amidine groups is 2. The van der Waals surface area contributed by atoms with Crippen LogP contribution in [-0.2, 0) is 17.8 Å². The first-order chi connectivity index (χ1) is 12.9. The van der Waals surface area contributed by atoms with Crippen LogP contribution in [0.2, 0.25) is 0 Å². The number of nitrogens with two attached hydrogens (primary N) is 2. The number of nitrogens with zero attached hydrogens (tertiary/aromatic N) is 3. The van der Waals surface area contributed by atoms with Crippen LogP contribution in [-0.4, -0.2) is 36.1 Å². The number of fused-ring (bicyclic) bond motifs is 1. The summed E-state index contributed by atoms with van der Waals surface area (Å²) >= 11 is 1.62. The van der Waals surface area contributed by atoms with E-state index in [1.165, 1.54) is 10.4 Å². The molecule has 2 heterocycles. The van der Waals surface area contributed by atoms with Gasteiger partial charge in [-0.05, 0) is 32.3 Å². The van der Waals surface area contributed by atoms with Crippen molar-refractivity contribution in [2.24, 2.45) is 21.5 Å². The molecule has 27 heavy (non-hydrogen) atoms. The van der Waals surface area contributed by atoms with E-state index in [2.05, 4.69) is 16.9 Å². The first kappa shape index (κ1) is 20.9. The van der Waals surface area contributed by atoms with E-state index in [1.807, 2.05) is 30.2 Å². The topological polar surface area (TPSA) is 97.1 Å². The largest absolute Gasteiger partial charge is 0.402 e. The van der Waals surface area contributed by atoms with E-state index in [1.54, 1.807) is 24.5 Å². The third-order valence-electron chi connectivity index (χ3n) is 4.60. The van der Waals surface area contributed by atoms with E-state index in [4.69, 9.17) is 11.5 Å². The van der Waals surface area contributed by atoms with Crippen molar-refractivity contribution in [1.29, 1.82) is 0 Å². The number of hydrogen-bond donors (Lipinski definition) is 2. The van der Waals surface area contributed by atoms with Gasteiger partial charge in [-0.2, -0.15) is 0 Å². The van der Waals surface area contributed by atoms with Crippen molar-refractivity contribution in [2.75, 3.05) is 13.6 Å². The molecule has 1 aromatic rings. The number of allylic oxidation sites excluding steroid dienone is 2. The zero-order chi connectivity index (χ0) is 20.0. The summed E-state index contributed by atoms with van der Waals surface area (Å²) < 4.78 is 0. The number of carbonyl (C=O) groups is 1. The molecule has 1 aliphatic heterocycles. The molecule has 0 radical (unpaired) electrons. The Morgan fingerprint density at radius 1 is 1.41 bits per heavy atom. The second-order valence-corrected chi connectivity index (χ2v) is 7.51. The quantitative estimate of drug-likeness (QED) is 0.462. The van der Waals surface area contributed by atoms with Gasteiger partial charge in [-0.15, -0.1) is 11.3 Å². The van der Waals surface area contributed by atoms with Gasteiger partial charge in [-0.3, -0.25) is 9.79 Å². The molecule has 0 saturated carbocycles. The molecule has 1 aliphatic rings. The number of aliphatic imine (C=N–C) groups is 2. The summed E-state index contributed by atoms with van der Waals surface area (Å²) in [5, 5.41) is 2.02. The number of carbonyl (C=O) groups excluding carboxylic acids is 1. The molecule has 0 spiro atoms. The van der Waals surface area contributed by atoms with Crippen molar-refractivity contribution in [2.45, 2.75) is 46.6 Å². The van der Waals surface area contributed by atoms with Crippen LogP contribution in [0, 0.1) is 0 Å². The summed E-state index contributed by atoms with van der Waals surface area (Å²) in [4.78, 5) is 24.1. The lowest BCUT2D eigenvalue weighted by Crippen LogP contribution is -2.36. The Morgan fingerprint density at radius 2 is 2.15 bits per heavy atom. The van der Waals surface area contributed by atoms with Crippen molar-refractivity contribution < 1.29 is 4.79 Å². The highest BCUT2D eigenvalue weighted by Gasteiger charge is 2.25. The number of rotatable bonds is 5. The van der Waals surface area contributed by atoms with Gasteiger partial charge in [-0.25, -0.2) is 4.99 Å². The highest BCUT2D eigenvalue weighted by atomic mass is 32.1. The van der Waals surface area contributed by atoms with Crippen LogP contribution in [0.15, 0.2) is 38.8 Å². The molecule has 1 amide bonds. The fourth-order valence-electron chi connectivity index (χ4n) is 2.95. The van der Waals surface area contributed by atoms with Gasteiger partial charge in [0.25, 0.3) is 0 Å². The second-order valence-electron chi connectivity index (χ2n) is 6.55. The zero-order valence-electron chi connectivity index (χ0n) is 16.6. The molecule has 0 saturated heterocycles. The molecular formula is C20H29N5OS. The molecule has 0 aromatic carbocycles. The molecule has 0 bridgehead atoms. The second kappa shape index (κ2) is 9.50. The molecule has 7 heteroatoms. The summed E-state index contributed by atoms with van der Waals surface area (Å²) in [6, 6.07) is 0. The Morgan fingerprint density at radius 3 is 2.78 bits per heavy atom. The van der Waals surface area contributed by atoms with Crippen LogP contribution in [0.4, 0.5) is 0 Å². The first-order valence-corrected chi connectivity index (χ1v) is 10.1. The maximum Gasteiger partial charge on any atom is 0.249 e. The van der Waals surface area contributed by atoms with Crippen LogP contribution in [0.3, 0.4) is 0 Å². The Balaban J connectivity index is 2.22. The van der Waals surface area contributed by atoms with Crippen LogP contribution in [0.25, 0.3) is 0 Å². The smallest absolute Gasteiger partial charge is 0.249 e. The lowest BCUT2D eigenvalue weighted by Gasteiger charge is -2.27. The molecule has 1 aromatic heterocycles. The van der Waals surface area contributed by atoms with Gasteiger partial charge in [0.05, 0.1) is 6.54 Å². The summed E-state index contributed by atoms with van der Waals surface area (Å²) in [5.74, 6) is 1.06. The Kier molecular flexibility index (Phi) is 7.36. The monoisotopic (exact) mass is 387 g/mol. The number of amides is 1. The molecule has 4 N–H and O–H groups in total. The van der Waals surface area contributed by atoms with Crippen LogP contribution in [0.5, 0.6) is 0 Å². The van der Waals surface area contributed by atoms with Crippen molar-refractivity contribution in [1.82, 2.24) is 4.90 Å². The van der Waals surface area contributed by atoms with Gasteiger partial charge < -0.3 is 16.4 Å². The van der Waals surface area contributed by atoms with Crippen LogP contribution < -0.4 is 11.5 Å². The minimum Gasteiger partial charge on any atom is -0.402 e. The Labute approximate surface area is 165 Å². The number of thiophene rings is 1. The minimum absolute atomic E-state index is 0.0941. The van der Waals surface area contributed by atoms with Gasteiger partial charge in [0.15, 0.2) is 5.84 Å². The average molecular weight is 388 g/mol. The molecular weight excluding hydrogens is 358 g/mol. The molecule has 2 rings (SSSR count). The molecule has 0 fully saturated rings. The molecule has 0 atom stereocenters. The third kappa shape index (κ3) is 5.07. The highest BCUT2D eigenvalue weighted by molar-refractivity contribution is 7.10. The number of hydrogen-bond acceptors (Lipinski definition) is 4. The predicted molar refractivity (Wildman–Crippen MR) is 114 cm³/mol. The van der Waals surface area contributed by atoms with E-state index >= 15 is 0 Å². The Hall–Kier alpha value is -2.41. The van der Waals surface area contributed by atoms with E-state index in [9.17, 15) is 4.79 Å². The van der Waals surface area contributed by atoms with E-state index in [-0.39, 0.29) is 5.91 Å². The van der Waals surface area contributed by atoms with Gasteiger partial charge in [0.2, 0.25) is 5.91 Å². The minimum atomic E-state index is 0.0941. The maximum atomic E-state index is 12.4. The molecule has 0 unspecified atom stereocenters. The normalized spacial score (nSPS) is 16.5. The van der Waals surface area contributed by atoms with Crippen molar-refractivity contribution in [3.05, 3.63) is 44.8 Å².